The lowest BCUT2D eigenvalue weighted by atomic mass is 9.78. The number of hydrogen-bond donors (Lipinski definition) is 0. The second kappa shape index (κ2) is 4.21. The SMILES string of the molecule is CC1(C)OB(c2cc(F)c(F)c(F)c2F)OC1(C)C. The molecule has 0 bridgehead atoms. The molecule has 0 atom stereocenters. The van der Waals surface area contributed by atoms with Gasteiger partial charge in [-0.25, -0.2) is 17.6 Å². The second-order valence-corrected chi connectivity index (χ2v) is 5.48. The van der Waals surface area contributed by atoms with E-state index in [9.17, 15) is 17.6 Å². The van der Waals surface area contributed by atoms with Crippen molar-refractivity contribution >= 4 is 12.6 Å². The third-order valence-corrected chi connectivity index (χ3v) is 3.64. The molecule has 0 saturated carbocycles. The van der Waals surface area contributed by atoms with E-state index >= 15 is 0 Å². The molecule has 7 heteroatoms. The van der Waals surface area contributed by atoms with Gasteiger partial charge >= 0.3 is 7.12 Å². The van der Waals surface area contributed by atoms with Gasteiger partial charge in [-0.05, 0) is 33.8 Å². The van der Waals surface area contributed by atoms with Crippen LogP contribution in [-0.4, -0.2) is 18.3 Å². The molecule has 1 aromatic carbocycles. The normalized spacial score (nSPS) is 20.9. The minimum atomic E-state index is -1.87. The molecule has 0 amide bonds. The van der Waals surface area contributed by atoms with Gasteiger partial charge in [0.05, 0.1) is 11.2 Å². The monoisotopic (exact) mass is 276 g/mol. The Morgan fingerprint density at radius 3 is 1.79 bits per heavy atom. The quantitative estimate of drug-likeness (QED) is 0.339. The van der Waals surface area contributed by atoms with Crippen molar-refractivity contribution in [1.29, 1.82) is 0 Å². The van der Waals surface area contributed by atoms with Crippen LogP contribution in [0, 0.1) is 23.3 Å². The molecule has 0 spiro atoms. The third kappa shape index (κ3) is 2.14. The van der Waals surface area contributed by atoms with E-state index in [1.165, 1.54) is 0 Å². The first kappa shape index (κ1) is 14.3. The molecule has 0 N–H and O–H groups in total. The molecule has 1 aliphatic rings. The van der Waals surface area contributed by atoms with E-state index in [-0.39, 0.29) is 0 Å². The summed E-state index contributed by atoms with van der Waals surface area (Å²) in [6, 6.07) is 0.551. The van der Waals surface area contributed by atoms with Crippen LogP contribution in [0.5, 0.6) is 0 Å². The first-order valence-electron chi connectivity index (χ1n) is 5.75. The summed E-state index contributed by atoms with van der Waals surface area (Å²) in [7, 11) is -1.28. The molecule has 1 aromatic rings. The van der Waals surface area contributed by atoms with E-state index < -0.39 is 47.1 Å². The average Bonchev–Trinajstić information content (AvgIpc) is 2.50. The molecule has 0 unspecified atom stereocenters. The largest absolute Gasteiger partial charge is 0.498 e. The summed E-state index contributed by atoms with van der Waals surface area (Å²) in [6.45, 7) is 6.84. The first-order valence-corrected chi connectivity index (χ1v) is 5.75. The maximum absolute atomic E-state index is 13.7. The zero-order chi connectivity index (χ0) is 14.6. The highest BCUT2D eigenvalue weighted by molar-refractivity contribution is 6.62. The highest BCUT2D eigenvalue weighted by Crippen LogP contribution is 2.36. The van der Waals surface area contributed by atoms with Gasteiger partial charge in [-0.15, -0.1) is 0 Å². The van der Waals surface area contributed by atoms with Crippen molar-refractivity contribution < 1.29 is 26.9 Å². The van der Waals surface area contributed by atoms with Gasteiger partial charge in [-0.2, -0.15) is 0 Å². The van der Waals surface area contributed by atoms with Crippen LogP contribution in [0.4, 0.5) is 17.6 Å². The number of halogens is 4. The summed E-state index contributed by atoms with van der Waals surface area (Å²) >= 11 is 0. The van der Waals surface area contributed by atoms with Gasteiger partial charge in [0.25, 0.3) is 0 Å². The van der Waals surface area contributed by atoms with Gasteiger partial charge in [0.15, 0.2) is 23.3 Å². The highest BCUT2D eigenvalue weighted by atomic mass is 19.2. The molecule has 1 heterocycles. The maximum Gasteiger partial charge on any atom is 0.498 e. The van der Waals surface area contributed by atoms with Crippen molar-refractivity contribution in [3.63, 3.8) is 0 Å². The molecule has 0 radical (unpaired) electrons. The molecule has 1 aliphatic heterocycles. The highest BCUT2D eigenvalue weighted by Gasteiger charge is 2.53. The fourth-order valence-corrected chi connectivity index (χ4v) is 1.73. The molecular formula is C12H13BF4O2. The molecular weight excluding hydrogens is 263 g/mol. The van der Waals surface area contributed by atoms with Crippen molar-refractivity contribution in [2.75, 3.05) is 0 Å². The van der Waals surface area contributed by atoms with E-state index in [1.54, 1.807) is 27.7 Å². The van der Waals surface area contributed by atoms with E-state index in [0.717, 1.165) is 0 Å². The van der Waals surface area contributed by atoms with Crippen LogP contribution in [0.15, 0.2) is 6.07 Å². The van der Waals surface area contributed by atoms with E-state index in [0.29, 0.717) is 6.07 Å². The average molecular weight is 276 g/mol. The number of benzene rings is 1. The van der Waals surface area contributed by atoms with Gasteiger partial charge in [0.2, 0.25) is 0 Å². The van der Waals surface area contributed by atoms with Gasteiger partial charge in [-0.1, -0.05) is 0 Å². The van der Waals surface area contributed by atoms with Crippen LogP contribution in [0.2, 0.25) is 0 Å². The Morgan fingerprint density at radius 2 is 1.32 bits per heavy atom. The second-order valence-electron chi connectivity index (χ2n) is 5.48. The third-order valence-electron chi connectivity index (χ3n) is 3.64. The fourth-order valence-electron chi connectivity index (χ4n) is 1.73. The molecule has 0 aromatic heterocycles. The molecule has 19 heavy (non-hydrogen) atoms. The van der Waals surface area contributed by atoms with Gasteiger partial charge in [0.1, 0.15) is 0 Å². The molecule has 2 nitrogen and oxygen atoms in total. The summed E-state index contributed by atoms with van der Waals surface area (Å²) in [5.74, 6) is -6.71. The summed E-state index contributed by atoms with van der Waals surface area (Å²) < 4.78 is 63.8. The lowest BCUT2D eigenvalue weighted by Crippen LogP contribution is -2.41. The fraction of sp³-hybridized carbons (Fsp3) is 0.500. The predicted octanol–water partition coefficient (Wildman–Crippen LogP) is 2.54. The Balaban J connectivity index is 2.46. The molecule has 0 aliphatic carbocycles. The summed E-state index contributed by atoms with van der Waals surface area (Å²) in [6.07, 6.45) is 0. The molecule has 2 rings (SSSR count). The Hall–Kier alpha value is -1.08. The Labute approximate surface area is 108 Å². The van der Waals surface area contributed by atoms with E-state index in [4.69, 9.17) is 9.31 Å². The molecule has 104 valence electrons. The van der Waals surface area contributed by atoms with Crippen molar-refractivity contribution in [2.45, 2.75) is 38.9 Å². The van der Waals surface area contributed by atoms with Crippen LogP contribution in [-0.2, 0) is 9.31 Å². The Bertz CT molecular complexity index is 515. The Morgan fingerprint density at radius 1 is 0.842 bits per heavy atom. The summed E-state index contributed by atoms with van der Waals surface area (Å²) in [5.41, 5.74) is -2.06. The predicted molar refractivity (Wildman–Crippen MR) is 62.0 cm³/mol. The van der Waals surface area contributed by atoms with Gasteiger partial charge in [0, 0.05) is 5.46 Å². The molecule has 1 saturated heterocycles. The van der Waals surface area contributed by atoms with Crippen molar-refractivity contribution in [2.24, 2.45) is 0 Å². The van der Waals surface area contributed by atoms with Gasteiger partial charge < -0.3 is 9.31 Å². The minimum Gasteiger partial charge on any atom is -0.399 e. The number of rotatable bonds is 1. The van der Waals surface area contributed by atoms with Crippen molar-refractivity contribution in [3.05, 3.63) is 29.3 Å². The zero-order valence-corrected chi connectivity index (χ0v) is 11.0. The van der Waals surface area contributed by atoms with Crippen molar-refractivity contribution in [1.82, 2.24) is 0 Å². The topological polar surface area (TPSA) is 18.5 Å². The van der Waals surface area contributed by atoms with Crippen molar-refractivity contribution in [3.8, 4) is 0 Å². The van der Waals surface area contributed by atoms with Crippen LogP contribution < -0.4 is 5.46 Å². The van der Waals surface area contributed by atoms with Crippen LogP contribution in [0.25, 0.3) is 0 Å². The smallest absolute Gasteiger partial charge is 0.399 e. The lowest BCUT2D eigenvalue weighted by molar-refractivity contribution is 0.00578. The lowest BCUT2D eigenvalue weighted by Gasteiger charge is -2.32. The van der Waals surface area contributed by atoms with Gasteiger partial charge in [-0.3, -0.25) is 0 Å². The molecule has 1 fully saturated rings. The van der Waals surface area contributed by atoms with E-state index in [1.807, 2.05) is 0 Å². The minimum absolute atomic E-state index is 0.491. The Kier molecular flexibility index (Phi) is 3.18. The van der Waals surface area contributed by atoms with Crippen LogP contribution in [0.1, 0.15) is 27.7 Å². The first-order chi connectivity index (χ1) is 8.57. The van der Waals surface area contributed by atoms with E-state index in [2.05, 4.69) is 0 Å². The summed E-state index contributed by atoms with van der Waals surface area (Å²) in [5, 5.41) is 0. The standard InChI is InChI=1S/C12H13BF4O2/c1-11(2)12(3,4)19-13(18-11)6-5-7(14)9(16)10(17)8(6)15/h5H,1-4H3. The zero-order valence-electron chi connectivity index (χ0n) is 11.0. The van der Waals surface area contributed by atoms with Crippen LogP contribution >= 0.6 is 0 Å². The maximum atomic E-state index is 13.7. The summed E-state index contributed by atoms with van der Waals surface area (Å²) in [4.78, 5) is 0. The van der Waals surface area contributed by atoms with Crippen LogP contribution in [0.3, 0.4) is 0 Å². The number of hydrogen-bond acceptors (Lipinski definition) is 2.